The molecule has 1 fully saturated rings. The van der Waals surface area contributed by atoms with E-state index in [4.69, 9.17) is 0 Å². The van der Waals surface area contributed by atoms with Gasteiger partial charge in [-0.1, -0.05) is 19.1 Å². The molecule has 0 radical (unpaired) electrons. The van der Waals surface area contributed by atoms with Gasteiger partial charge in [0.1, 0.15) is 5.92 Å². The molecule has 25 heavy (non-hydrogen) atoms. The fraction of sp³-hybridized carbons (Fsp3) is 0.438. The Morgan fingerprint density at radius 1 is 1.24 bits per heavy atom. The van der Waals surface area contributed by atoms with E-state index < -0.39 is 30.1 Å². The van der Waals surface area contributed by atoms with Crippen LogP contribution in [0, 0.1) is 11.8 Å². The van der Waals surface area contributed by atoms with Gasteiger partial charge < -0.3 is 5.32 Å². The lowest BCUT2D eigenvalue weighted by molar-refractivity contribution is -0.303. The average Bonchev–Trinajstić information content (AvgIpc) is 2.53. The minimum absolute atomic E-state index is 0.0925. The number of carbonyl (C=O) groups is 2. The van der Waals surface area contributed by atoms with Crippen molar-refractivity contribution in [1.29, 1.82) is 0 Å². The molecule has 9 heteroatoms. The molecule has 1 heterocycles. The number of benzene rings is 1. The lowest BCUT2D eigenvalue weighted by atomic mass is 9.76. The van der Waals surface area contributed by atoms with Crippen LogP contribution in [0.15, 0.2) is 29.4 Å². The molecular weight excluding hydrogens is 342 g/mol. The highest BCUT2D eigenvalue weighted by Gasteiger charge is 2.74. The predicted molar refractivity (Wildman–Crippen MR) is 81.5 cm³/mol. The van der Waals surface area contributed by atoms with Crippen molar-refractivity contribution in [3.63, 3.8) is 0 Å². The van der Waals surface area contributed by atoms with Crippen LogP contribution in [0.4, 0.5) is 23.2 Å². The molecule has 2 unspecified atom stereocenters. The van der Waals surface area contributed by atoms with Crippen LogP contribution in [0.5, 0.6) is 0 Å². The summed E-state index contributed by atoms with van der Waals surface area (Å²) >= 11 is 0. The molecule has 1 saturated carbocycles. The summed E-state index contributed by atoms with van der Waals surface area (Å²) in [5, 5.41) is 6.21. The van der Waals surface area contributed by atoms with Crippen LogP contribution in [0.2, 0.25) is 0 Å². The maximum absolute atomic E-state index is 13.3. The Balaban J connectivity index is 1.68. The van der Waals surface area contributed by atoms with Gasteiger partial charge in [-0.15, -0.1) is 0 Å². The summed E-state index contributed by atoms with van der Waals surface area (Å²) in [7, 11) is 0. The van der Waals surface area contributed by atoms with E-state index in [1.807, 2.05) is 6.92 Å². The van der Waals surface area contributed by atoms with Crippen molar-refractivity contribution in [3.05, 3.63) is 29.8 Å². The molecule has 1 aliphatic carbocycles. The first-order chi connectivity index (χ1) is 11.6. The monoisotopic (exact) mass is 357 g/mol. The van der Waals surface area contributed by atoms with Gasteiger partial charge in [-0.25, -0.2) is 5.43 Å². The van der Waals surface area contributed by atoms with Gasteiger partial charge >= 0.3 is 11.8 Å². The van der Waals surface area contributed by atoms with Crippen molar-refractivity contribution in [3.8, 4) is 0 Å². The van der Waals surface area contributed by atoms with E-state index in [1.54, 1.807) is 12.1 Å². The summed E-state index contributed by atoms with van der Waals surface area (Å²) < 4.78 is 52.1. The number of nitrogens with zero attached hydrogens (tertiary/aromatic N) is 1. The van der Waals surface area contributed by atoms with Crippen LogP contribution in [-0.2, 0) is 9.59 Å². The molecule has 2 aliphatic rings. The molecule has 0 saturated heterocycles. The highest BCUT2D eigenvalue weighted by molar-refractivity contribution is 6.06. The normalized spacial score (nSPS) is 26.9. The number of carbonyl (C=O) groups excluding carboxylic acids is 2. The standard InChI is InChI=1S/C16H15F4N3O2/c1-8-6-12(24)22-23-13(8)9-2-4-10(5-3-9)21-14(25)11-7-15(17,18)16(11,19)20/h2-5,8,11H,6-7H2,1H3,(H,21,25)(H,22,24). The molecule has 2 atom stereocenters. The fourth-order valence-corrected chi connectivity index (χ4v) is 2.86. The summed E-state index contributed by atoms with van der Waals surface area (Å²) in [5.41, 5.74) is 3.95. The highest BCUT2D eigenvalue weighted by Crippen LogP contribution is 2.55. The smallest absolute Gasteiger partial charge is 0.321 e. The van der Waals surface area contributed by atoms with E-state index in [-0.39, 0.29) is 17.5 Å². The molecule has 1 aromatic carbocycles. The molecule has 1 aromatic rings. The molecule has 1 aliphatic heterocycles. The molecule has 2 amide bonds. The Morgan fingerprint density at radius 3 is 2.40 bits per heavy atom. The number of alkyl halides is 4. The van der Waals surface area contributed by atoms with Gasteiger partial charge in [0.15, 0.2) is 0 Å². The lowest BCUT2D eigenvalue weighted by Crippen LogP contribution is -2.62. The third-order valence-electron chi connectivity index (χ3n) is 4.41. The van der Waals surface area contributed by atoms with E-state index in [9.17, 15) is 27.2 Å². The third kappa shape index (κ3) is 2.98. The molecule has 134 valence electrons. The SMILES string of the molecule is CC1CC(=O)NN=C1c1ccc(NC(=O)C2CC(F)(F)C2(F)F)cc1. The zero-order valence-electron chi connectivity index (χ0n) is 13.2. The number of anilines is 1. The van der Waals surface area contributed by atoms with Crippen molar-refractivity contribution in [1.82, 2.24) is 5.43 Å². The molecular formula is C16H15F4N3O2. The van der Waals surface area contributed by atoms with Gasteiger partial charge in [0.05, 0.1) is 5.71 Å². The van der Waals surface area contributed by atoms with Gasteiger partial charge in [0.2, 0.25) is 11.8 Å². The van der Waals surface area contributed by atoms with Crippen molar-refractivity contribution in [2.24, 2.45) is 16.9 Å². The van der Waals surface area contributed by atoms with E-state index in [2.05, 4.69) is 15.8 Å². The molecule has 5 nitrogen and oxygen atoms in total. The van der Waals surface area contributed by atoms with Crippen LogP contribution in [0.1, 0.15) is 25.3 Å². The summed E-state index contributed by atoms with van der Waals surface area (Å²) in [5.74, 6) is -11.9. The average molecular weight is 357 g/mol. The van der Waals surface area contributed by atoms with Crippen molar-refractivity contribution >= 4 is 23.2 Å². The van der Waals surface area contributed by atoms with E-state index in [1.165, 1.54) is 12.1 Å². The highest BCUT2D eigenvalue weighted by atomic mass is 19.3. The summed E-state index contributed by atoms with van der Waals surface area (Å²) in [4.78, 5) is 23.0. The lowest BCUT2D eigenvalue weighted by Gasteiger charge is -2.42. The maximum atomic E-state index is 13.3. The Kier molecular flexibility index (Phi) is 4.04. The van der Waals surface area contributed by atoms with Gasteiger partial charge in [-0.3, -0.25) is 9.59 Å². The van der Waals surface area contributed by atoms with Crippen LogP contribution in [-0.4, -0.2) is 29.4 Å². The van der Waals surface area contributed by atoms with Gasteiger partial charge in [0.25, 0.3) is 0 Å². The van der Waals surface area contributed by atoms with Gasteiger partial charge in [0, 0.05) is 24.4 Å². The quantitative estimate of drug-likeness (QED) is 0.817. The van der Waals surface area contributed by atoms with Crippen LogP contribution in [0.25, 0.3) is 0 Å². The van der Waals surface area contributed by atoms with Gasteiger partial charge in [-0.05, 0) is 17.7 Å². The van der Waals surface area contributed by atoms with Gasteiger partial charge in [-0.2, -0.15) is 22.7 Å². The second-order valence-corrected chi connectivity index (χ2v) is 6.29. The first-order valence-electron chi connectivity index (χ1n) is 7.65. The number of hydrogen-bond acceptors (Lipinski definition) is 3. The molecule has 3 rings (SSSR count). The first-order valence-corrected chi connectivity index (χ1v) is 7.65. The van der Waals surface area contributed by atoms with Crippen molar-refractivity contribution in [2.45, 2.75) is 31.6 Å². The van der Waals surface area contributed by atoms with Crippen molar-refractivity contribution in [2.75, 3.05) is 5.32 Å². The van der Waals surface area contributed by atoms with E-state index in [0.29, 0.717) is 17.7 Å². The topological polar surface area (TPSA) is 70.6 Å². The fourth-order valence-electron chi connectivity index (χ4n) is 2.86. The Labute approximate surface area is 140 Å². The molecule has 0 bridgehead atoms. The zero-order valence-corrected chi connectivity index (χ0v) is 13.2. The summed E-state index contributed by atoms with van der Waals surface area (Å²) in [6.07, 6.45) is -0.875. The third-order valence-corrected chi connectivity index (χ3v) is 4.41. The largest absolute Gasteiger partial charge is 0.326 e. The number of nitrogens with one attached hydrogen (secondary N) is 2. The summed E-state index contributed by atoms with van der Waals surface area (Å²) in [6.45, 7) is 1.84. The molecule has 0 spiro atoms. The van der Waals surface area contributed by atoms with E-state index >= 15 is 0 Å². The maximum Gasteiger partial charge on any atom is 0.321 e. The Bertz CT molecular complexity index is 746. The molecule has 0 aromatic heterocycles. The van der Waals surface area contributed by atoms with Crippen LogP contribution < -0.4 is 10.7 Å². The second-order valence-electron chi connectivity index (χ2n) is 6.29. The van der Waals surface area contributed by atoms with E-state index in [0.717, 1.165) is 0 Å². The predicted octanol–water partition coefficient (Wildman–Crippen LogP) is 2.78. The number of hydrogen-bond donors (Lipinski definition) is 2. The minimum atomic E-state index is -4.33. The first kappa shape index (κ1) is 17.4. The summed E-state index contributed by atoms with van der Waals surface area (Å²) in [6, 6.07) is 6.15. The number of amides is 2. The zero-order chi connectivity index (χ0) is 18.4. The Hall–Kier alpha value is -2.45. The van der Waals surface area contributed by atoms with Crippen molar-refractivity contribution < 1.29 is 27.2 Å². The second kappa shape index (κ2) is 5.82. The number of rotatable bonds is 3. The van der Waals surface area contributed by atoms with Crippen LogP contribution in [0.3, 0.4) is 0 Å². The Morgan fingerprint density at radius 2 is 1.88 bits per heavy atom. The number of hydrazone groups is 1. The minimum Gasteiger partial charge on any atom is -0.326 e. The van der Waals surface area contributed by atoms with Crippen LogP contribution >= 0.6 is 0 Å². The number of halogens is 4. The molecule has 2 N–H and O–H groups in total.